The monoisotopic (exact) mass is 259 g/mol. The standard InChI is InChI=1S/C12H25NO.2C2H6/c1-3-12(14)10-8-6-5-7-9-11-13-4-2;2*1-2/h13H,3-11H2,1-2H3;2*1-2H3. The molecule has 18 heavy (non-hydrogen) atoms. The van der Waals surface area contributed by atoms with Gasteiger partial charge in [0.2, 0.25) is 0 Å². The fourth-order valence-corrected chi connectivity index (χ4v) is 1.46. The van der Waals surface area contributed by atoms with E-state index < -0.39 is 0 Å². The molecule has 0 aliphatic rings. The Labute approximate surface area is 116 Å². The summed E-state index contributed by atoms with van der Waals surface area (Å²) in [5, 5.41) is 3.31. The van der Waals surface area contributed by atoms with Crippen LogP contribution in [-0.4, -0.2) is 18.9 Å². The Morgan fingerprint density at radius 2 is 1.33 bits per heavy atom. The molecule has 1 N–H and O–H groups in total. The number of unbranched alkanes of at least 4 members (excludes halogenated alkanes) is 4. The second kappa shape index (κ2) is 25.5. The van der Waals surface area contributed by atoms with Crippen LogP contribution in [0.4, 0.5) is 0 Å². The van der Waals surface area contributed by atoms with E-state index in [9.17, 15) is 4.79 Å². The summed E-state index contributed by atoms with van der Waals surface area (Å²) in [6.07, 6.45) is 7.67. The molecule has 0 saturated heterocycles. The first kappa shape index (κ1) is 22.8. The fraction of sp³-hybridized carbons (Fsp3) is 0.938. The highest BCUT2D eigenvalue weighted by Crippen LogP contribution is 2.06. The highest BCUT2D eigenvalue weighted by Gasteiger charge is 1.97. The van der Waals surface area contributed by atoms with Crippen LogP contribution in [0.3, 0.4) is 0 Å². The van der Waals surface area contributed by atoms with Crippen molar-refractivity contribution in [1.82, 2.24) is 5.32 Å². The Bertz CT molecular complexity index is 135. The van der Waals surface area contributed by atoms with Crippen molar-refractivity contribution in [2.45, 2.75) is 86.5 Å². The summed E-state index contributed by atoms with van der Waals surface area (Å²) < 4.78 is 0. The average molecular weight is 259 g/mol. The van der Waals surface area contributed by atoms with Gasteiger partial charge >= 0.3 is 0 Å². The average Bonchev–Trinajstić information content (AvgIpc) is 2.45. The van der Waals surface area contributed by atoms with Crippen molar-refractivity contribution in [2.24, 2.45) is 0 Å². The van der Waals surface area contributed by atoms with Crippen molar-refractivity contribution < 1.29 is 4.79 Å². The lowest BCUT2D eigenvalue weighted by atomic mass is 10.1. The lowest BCUT2D eigenvalue weighted by Crippen LogP contribution is -2.13. The SMILES string of the molecule is CC.CC.CCNCCCCCCCC(=O)CC. The van der Waals surface area contributed by atoms with Gasteiger partial charge in [-0.3, -0.25) is 4.79 Å². The predicted molar refractivity (Wildman–Crippen MR) is 84.2 cm³/mol. The third kappa shape index (κ3) is 24.7. The number of Topliss-reactive ketones (excluding diaryl/α,β-unsaturated/α-hetero) is 1. The van der Waals surface area contributed by atoms with Gasteiger partial charge in [0.05, 0.1) is 0 Å². The number of ketones is 1. The van der Waals surface area contributed by atoms with Gasteiger partial charge in [-0.2, -0.15) is 0 Å². The quantitative estimate of drug-likeness (QED) is 0.561. The van der Waals surface area contributed by atoms with Gasteiger partial charge in [-0.05, 0) is 25.9 Å². The maximum atomic E-state index is 11.0. The number of nitrogens with one attached hydrogen (secondary N) is 1. The molecule has 0 heterocycles. The van der Waals surface area contributed by atoms with Crippen molar-refractivity contribution in [2.75, 3.05) is 13.1 Å². The Morgan fingerprint density at radius 3 is 1.83 bits per heavy atom. The Morgan fingerprint density at radius 1 is 0.833 bits per heavy atom. The molecule has 0 rings (SSSR count). The van der Waals surface area contributed by atoms with Gasteiger partial charge in [-0.15, -0.1) is 0 Å². The Hall–Kier alpha value is -0.370. The van der Waals surface area contributed by atoms with Gasteiger partial charge in [0.1, 0.15) is 5.78 Å². The van der Waals surface area contributed by atoms with Crippen LogP contribution in [-0.2, 0) is 4.79 Å². The molecule has 2 heteroatoms. The first-order valence-electron chi connectivity index (χ1n) is 8.03. The van der Waals surface area contributed by atoms with Gasteiger partial charge in [-0.25, -0.2) is 0 Å². The maximum Gasteiger partial charge on any atom is 0.132 e. The summed E-state index contributed by atoms with van der Waals surface area (Å²) in [6, 6.07) is 0. The topological polar surface area (TPSA) is 29.1 Å². The summed E-state index contributed by atoms with van der Waals surface area (Å²) in [4.78, 5) is 11.0. The number of hydrogen-bond acceptors (Lipinski definition) is 2. The van der Waals surface area contributed by atoms with Crippen LogP contribution in [0.2, 0.25) is 0 Å². The van der Waals surface area contributed by atoms with Crippen LogP contribution in [0.1, 0.15) is 86.5 Å². The molecule has 0 aliphatic carbocycles. The summed E-state index contributed by atoms with van der Waals surface area (Å²) in [7, 11) is 0. The predicted octanol–water partition coefficient (Wildman–Crippen LogP) is 4.97. The van der Waals surface area contributed by atoms with E-state index in [1.54, 1.807) is 0 Å². The minimum Gasteiger partial charge on any atom is -0.317 e. The molecule has 0 aromatic carbocycles. The van der Waals surface area contributed by atoms with E-state index in [2.05, 4.69) is 12.2 Å². The smallest absolute Gasteiger partial charge is 0.132 e. The van der Waals surface area contributed by atoms with E-state index in [0.29, 0.717) is 12.2 Å². The highest BCUT2D eigenvalue weighted by atomic mass is 16.1. The molecule has 0 fully saturated rings. The Balaban J connectivity index is -0.000000506. The normalized spacial score (nSPS) is 8.78. The molecule has 0 saturated carbocycles. The van der Waals surface area contributed by atoms with Gasteiger partial charge in [0.15, 0.2) is 0 Å². The lowest BCUT2D eigenvalue weighted by Gasteiger charge is -2.01. The Kier molecular flexibility index (Phi) is 32.2. The van der Waals surface area contributed by atoms with Gasteiger partial charge < -0.3 is 5.32 Å². The summed E-state index contributed by atoms with van der Waals surface area (Å²) in [5.41, 5.74) is 0. The molecule has 0 amide bonds. The first-order chi connectivity index (χ1) is 8.81. The zero-order valence-electron chi connectivity index (χ0n) is 13.8. The molecule has 0 unspecified atom stereocenters. The van der Waals surface area contributed by atoms with Crippen LogP contribution < -0.4 is 5.32 Å². The third-order valence-electron chi connectivity index (χ3n) is 2.45. The fourth-order valence-electron chi connectivity index (χ4n) is 1.46. The summed E-state index contributed by atoms with van der Waals surface area (Å²) in [6.45, 7) is 14.3. The number of carbonyl (C=O) groups is 1. The number of carbonyl (C=O) groups excluding carboxylic acids is 1. The second-order valence-corrected chi connectivity index (χ2v) is 3.76. The van der Waals surface area contributed by atoms with E-state index >= 15 is 0 Å². The highest BCUT2D eigenvalue weighted by molar-refractivity contribution is 5.77. The summed E-state index contributed by atoms with van der Waals surface area (Å²) in [5.74, 6) is 0.414. The molecule has 0 aromatic heterocycles. The lowest BCUT2D eigenvalue weighted by molar-refractivity contribution is -0.118. The van der Waals surface area contributed by atoms with Crippen molar-refractivity contribution in [1.29, 1.82) is 0 Å². The number of rotatable bonds is 10. The molecule has 0 bridgehead atoms. The molecular formula is C16H37NO. The van der Waals surface area contributed by atoms with Crippen LogP contribution in [0.25, 0.3) is 0 Å². The van der Waals surface area contributed by atoms with Crippen molar-refractivity contribution in [3.8, 4) is 0 Å². The summed E-state index contributed by atoms with van der Waals surface area (Å²) >= 11 is 0. The van der Waals surface area contributed by atoms with Crippen molar-refractivity contribution >= 4 is 5.78 Å². The van der Waals surface area contributed by atoms with Gasteiger partial charge in [0.25, 0.3) is 0 Å². The minimum atomic E-state index is 0.414. The molecule has 2 nitrogen and oxygen atoms in total. The van der Waals surface area contributed by atoms with Crippen molar-refractivity contribution in [3.05, 3.63) is 0 Å². The molecule has 0 atom stereocenters. The van der Waals surface area contributed by atoms with Gasteiger partial charge in [0, 0.05) is 12.8 Å². The van der Waals surface area contributed by atoms with Gasteiger partial charge in [-0.1, -0.05) is 60.8 Å². The zero-order valence-corrected chi connectivity index (χ0v) is 13.8. The molecule has 0 spiro atoms. The van der Waals surface area contributed by atoms with E-state index in [1.165, 1.54) is 25.7 Å². The van der Waals surface area contributed by atoms with Crippen LogP contribution in [0.5, 0.6) is 0 Å². The van der Waals surface area contributed by atoms with E-state index in [-0.39, 0.29) is 0 Å². The first-order valence-corrected chi connectivity index (χ1v) is 8.03. The molecule has 0 aromatic rings. The second-order valence-electron chi connectivity index (χ2n) is 3.76. The molecule has 112 valence electrons. The maximum absolute atomic E-state index is 11.0. The minimum absolute atomic E-state index is 0.414. The molecule has 0 aliphatic heterocycles. The largest absolute Gasteiger partial charge is 0.317 e. The van der Waals surface area contributed by atoms with Crippen molar-refractivity contribution in [3.63, 3.8) is 0 Å². The van der Waals surface area contributed by atoms with E-state index in [0.717, 1.165) is 25.9 Å². The zero-order chi connectivity index (χ0) is 14.6. The third-order valence-corrected chi connectivity index (χ3v) is 2.45. The van der Waals surface area contributed by atoms with E-state index in [4.69, 9.17) is 0 Å². The molecule has 0 radical (unpaired) electrons. The van der Waals surface area contributed by atoms with E-state index in [1.807, 2.05) is 34.6 Å². The molecular weight excluding hydrogens is 222 g/mol. The van der Waals surface area contributed by atoms with Crippen LogP contribution >= 0.6 is 0 Å². The van der Waals surface area contributed by atoms with Crippen LogP contribution in [0.15, 0.2) is 0 Å². The number of hydrogen-bond donors (Lipinski definition) is 1. The van der Waals surface area contributed by atoms with Crippen LogP contribution in [0, 0.1) is 0 Å².